The summed E-state index contributed by atoms with van der Waals surface area (Å²) in [4.78, 5) is 4.81. The van der Waals surface area contributed by atoms with Gasteiger partial charge < -0.3 is 4.74 Å². The zero-order chi connectivity index (χ0) is 14.4. The molecule has 4 nitrogen and oxygen atoms in total. The van der Waals surface area contributed by atoms with Crippen molar-refractivity contribution < 1.29 is 4.74 Å². The SMILES string of the molecule is CC1(c2nc(-c3ccccc3)nn2C(C)(C)C)COC1. The van der Waals surface area contributed by atoms with Crippen LogP contribution in [0.15, 0.2) is 30.3 Å². The molecule has 1 aliphatic heterocycles. The maximum absolute atomic E-state index is 5.39. The molecule has 106 valence electrons. The van der Waals surface area contributed by atoms with Gasteiger partial charge in [-0.15, -0.1) is 0 Å². The van der Waals surface area contributed by atoms with E-state index in [1.807, 2.05) is 30.3 Å². The lowest BCUT2D eigenvalue weighted by Crippen LogP contribution is -2.47. The first-order chi connectivity index (χ1) is 9.40. The van der Waals surface area contributed by atoms with Crippen LogP contribution in [-0.4, -0.2) is 28.0 Å². The third-order valence-corrected chi connectivity index (χ3v) is 3.66. The standard InChI is InChI=1S/C16H21N3O/c1-15(2,3)19-14(16(4)10-20-11-16)17-13(18-19)12-8-6-5-7-9-12/h5-9H,10-11H2,1-4H3. The third kappa shape index (κ3) is 2.14. The van der Waals surface area contributed by atoms with Crippen LogP contribution in [0.4, 0.5) is 0 Å². The van der Waals surface area contributed by atoms with E-state index in [-0.39, 0.29) is 11.0 Å². The first kappa shape index (κ1) is 13.3. The minimum Gasteiger partial charge on any atom is -0.379 e. The third-order valence-electron chi connectivity index (χ3n) is 3.66. The number of ether oxygens (including phenoxy) is 1. The van der Waals surface area contributed by atoms with Crippen LogP contribution in [0.3, 0.4) is 0 Å². The Morgan fingerprint density at radius 2 is 1.80 bits per heavy atom. The number of benzene rings is 1. The van der Waals surface area contributed by atoms with E-state index in [0.717, 1.165) is 30.4 Å². The molecule has 1 fully saturated rings. The summed E-state index contributed by atoms with van der Waals surface area (Å²) in [5.74, 6) is 1.82. The van der Waals surface area contributed by atoms with Gasteiger partial charge in [-0.25, -0.2) is 9.67 Å². The van der Waals surface area contributed by atoms with Gasteiger partial charge in [-0.3, -0.25) is 0 Å². The van der Waals surface area contributed by atoms with Crippen LogP contribution >= 0.6 is 0 Å². The van der Waals surface area contributed by atoms with Gasteiger partial charge in [0.1, 0.15) is 5.82 Å². The van der Waals surface area contributed by atoms with E-state index in [1.54, 1.807) is 0 Å². The highest BCUT2D eigenvalue weighted by atomic mass is 16.5. The van der Waals surface area contributed by atoms with Crippen LogP contribution in [0.1, 0.15) is 33.5 Å². The molecule has 0 amide bonds. The smallest absolute Gasteiger partial charge is 0.181 e. The zero-order valence-corrected chi connectivity index (χ0v) is 12.6. The van der Waals surface area contributed by atoms with Gasteiger partial charge in [-0.2, -0.15) is 5.10 Å². The second kappa shape index (κ2) is 4.42. The van der Waals surface area contributed by atoms with Gasteiger partial charge in [0, 0.05) is 5.56 Å². The monoisotopic (exact) mass is 271 g/mol. The number of rotatable bonds is 2. The highest BCUT2D eigenvalue weighted by molar-refractivity contribution is 5.54. The Morgan fingerprint density at radius 3 is 2.30 bits per heavy atom. The van der Waals surface area contributed by atoms with Crippen LogP contribution in [0.5, 0.6) is 0 Å². The van der Waals surface area contributed by atoms with Crippen molar-refractivity contribution in [1.82, 2.24) is 14.8 Å². The molecule has 0 bridgehead atoms. The lowest BCUT2D eigenvalue weighted by atomic mass is 9.87. The molecule has 1 saturated heterocycles. The van der Waals surface area contributed by atoms with Crippen molar-refractivity contribution in [3.05, 3.63) is 36.2 Å². The van der Waals surface area contributed by atoms with E-state index in [4.69, 9.17) is 14.8 Å². The molecule has 0 atom stereocenters. The number of nitrogens with zero attached hydrogens (tertiary/aromatic N) is 3. The van der Waals surface area contributed by atoms with E-state index in [0.29, 0.717) is 0 Å². The molecule has 0 saturated carbocycles. The Bertz CT molecular complexity index is 606. The summed E-state index contributed by atoms with van der Waals surface area (Å²) in [7, 11) is 0. The van der Waals surface area contributed by atoms with Crippen LogP contribution in [0.25, 0.3) is 11.4 Å². The maximum Gasteiger partial charge on any atom is 0.181 e. The Labute approximate surface area is 119 Å². The molecule has 20 heavy (non-hydrogen) atoms. The quantitative estimate of drug-likeness (QED) is 0.843. The van der Waals surface area contributed by atoms with Gasteiger partial charge in [0.15, 0.2) is 5.82 Å². The minimum atomic E-state index is -0.0893. The molecule has 1 aliphatic rings. The topological polar surface area (TPSA) is 39.9 Å². The summed E-state index contributed by atoms with van der Waals surface area (Å²) in [6, 6.07) is 10.1. The average Bonchev–Trinajstić information content (AvgIpc) is 2.82. The van der Waals surface area contributed by atoms with Crippen molar-refractivity contribution in [3.63, 3.8) is 0 Å². The summed E-state index contributed by atoms with van der Waals surface area (Å²) >= 11 is 0. The summed E-state index contributed by atoms with van der Waals surface area (Å²) < 4.78 is 7.45. The number of aromatic nitrogens is 3. The second-order valence-corrected chi connectivity index (χ2v) is 6.76. The van der Waals surface area contributed by atoms with Gasteiger partial charge in [-0.05, 0) is 27.7 Å². The summed E-state index contributed by atoms with van der Waals surface area (Å²) in [6.07, 6.45) is 0. The van der Waals surface area contributed by atoms with E-state index < -0.39 is 0 Å². The van der Waals surface area contributed by atoms with Crippen LogP contribution < -0.4 is 0 Å². The Kier molecular flexibility index (Phi) is 2.94. The lowest BCUT2D eigenvalue weighted by Gasteiger charge is -2.38. The van der Waals surface area contributed by atoms with Crippen molar-refractivity contribution >= 4 is 0 Å². The zero-order valence-electron chi connectivity index (χ0n) is 12.6. The first-order valence-electron chi connectivity index (χ1n) is 7.01. The maximum atomic E-state index is 5.39. The molecule has 2 aromatic rings. The van der Waals surface area contributed by atoms with Gasteiger partial charge in [-0.1, -0.05) is 30.3 Å². The molecular weight excluding hydrogens is 250 g/mol. The fourth-order valence-corrected chi connectivity index (χ4v) is 2.42. The molecule has 1 aromatic heterocycles. The van der Waals surface area contributed by atoms with Gasteiger partial charge in [0.2, 0.25) is 0 Å². The minimum absolute atomic E-state index is 0.0205. The van der Waals surface area contributed by atoms with Crippen molar-refractivity contribution in [3.8, 4) is 11.4 Å². The molecule has 2 heterocycles. The predicted molar refractivity (Wildman–Crippen MR) is 78.6 cm³/mol. The highest BCUT2D eigenvalue weighted by Gasteiger charge is 2.42. The van der Waals surface area contributed by atoms with Crippen molar-refractivity contribution in [2.24, 2.45) is 0 Å². The van der Waals surface area contributed by atoms with E-state index >= 15 is 0 Å². The predicted octanol–water partition coefficient (Wildman–Crippen LogP) is 2.99. The summed E-state index contributed by atoms with van der Waals surface area (Å²) in [5, 5.41) is 4.75. The number of hydrogen-bond donors (Lipinski definition) is 0. The fourth-order valence-electron chi connectivity index (χ4n) is 2.42. The molecule has 3 rings (SSSR count). The largest absolute Gasteiger partial charge is 0.379 e. The molecule has 4 heteroatoms. The molecule has 0 aliphatic carbocycles. The normalized spacial score (nSPS) is 17.8. The van der Waals surface area contributed by atoms with E-state index in [9.17, 15) is 0 Å². The van der Waals surface area contributed by atoms with Crippen LogP contribution in [-0.2, 0) is 15.7 Å². The Balaban J connectivity index is 2.11. The molecule has 0 unspecified atom stereocenters. The van der Waals surface area contributed by atoms with Crippen LogP contribution in [0.2, 0.25) is 0 Å². The molecular formula is C16H21N3O. The first-order valence-corrected chi connectivity index (χ1v) is 7.01. The highest BCUT2D eigenvalue weighted by Crippen LogP contribution is 2.34. The van der Waals surface area contributed by atoms with Gasteiger partial charge in [0.25, 0.3) is 0 Å². The molecule has 0 spiro atoms. The van der Waals surface area contributed by atoms with Gasteiger partial charge >= 0.3 is 0 Å². The summed E-state index contributed by atoms with van der Waals surface area (Å²) in [5.41, 5.74) is 0.946. The number of hydrogen-bond acceptors (Lipinski definition) is 3. The average molecular weight is 271 g/mol. The van der Waals surface area contributed by atoms with Crippen LogP contribution in [0, 0.1) is 0 Å². The second-order valence-electron chi connectivity index (χ2n) is 6.76. The summed E-state index contributed by atoms with van der Waals surface area (Å²) in [6.45, 7) is 10.1. The fraction of sp³-hybridized carbons (Fsp3) is 0.500. The van der Waals surface area contributed by atoms with Crippen molar-refractivity contribution in [2.45, 2.75) is 38.6 Å². The molecule has 0 N–H and O–H groups in total. The Hall–Kier alpha value is -1.68. The Morgan fingerprint density at radius 1 is 1.15 bits per heavy atom. The van der Waals surface area contributed by atoms with E-state index in [1.165, 1.54) is 0 Å². The lowest BCUT2D eigenvalue weighted by molar-refractivity contribution is -0.0578. The van der Waals surface area contributed by atoms with Gasteiger partial charge in [0.05, 0.1) is 24.2 Å². The molecule has 0 radical (unpaired) electrons. The van der Waals surface area contributed by atoms with Crippen molar-refractivity contribution in [2.75, 3.05) is 13.2 Å². The van der Waals surface area contributed by atoms with E-state index in [2.05, 4.69) is 32.4 Å². The van der Waals surface area contributed by atoms with Crippen molar-refractivity contribution in [1.29, 1.82) is 0 Å². The molecule has 1 aromatic carbocycles.